The zero-order chi connectivity index (χ0) is 20.0. The van der Waals surface area contributed by atoms with E-state index in [1.807, 2.05) is 18.2 Å². The Morgan fingerprint density at radius 1 is 1.19 bits per heavy atom. The van der Waals surface area contributed by atoms with E-state index in [0.29, 0.717) is 32.8 Å². The topological polar surface area (TPSA) is 55.8 Å². The SMILES string of the molecule is CO/C=C(/C(=O)O)c1ccccc1COc1c(Cl)cc(CC(C)C)cc1Cl. The Labute approximate surface area is 169 Å². The van der Waals surface area contributed by atoms with Gasteiger partial charge in [0.2, 0.25) is 0 Å². The van der Waals surface area contributed by atoms with Gasteiger partial charge in [-0.2, -0.15) is 0 Å². The molecular weight excluding hydrogens is 387 g/mol. The number of carbonyl (C=O) groups is 1. The van der Waals surface area contributed by atoms with Crippen LogP contribution in [-0.4, -0.2) is 18.2 Å². The summed E-state index contributed by atoms with van der Waals surface area (Å²) in [5.74, 6) is -0.218. The predicted octanol–water partition coefficient (Wildman–Crippen LogP) is 5.84. The van der Waals surface area contributed by atoms with E-state index in [-0.39, 0.29) is 12.2 Å². The van der Waals surface area contributed by atoms with E-state index in [1.54, 1.807) is 18.2 Å². The highest BCUT2D eigenvalue weighted by Gasteiger charge is 2.17. The molecule has 0 aliphatic carbocycles. The standard InChI is InChI=1S/C21H22Cl2O4/c1-13(2)8-14-9-18(22)20(19(23)10-14)27-11-15-6-4-5-7-16(15)17(12-26-3)21(24)25/h4-7,9-10,12-13H,8,11H2,1-3H3,(H,24,25)/b17-12+. The average Bonchev–Trinajstić information content (AvgIpc) is 2.58. The maximum atomic E-state index is 11.5. The van der Waals surface area contributed by atoms with Crippen LogP contribution in [0.25, 0.3) is 5.57 Å². The van der Waals surface area contributed by atoms with Gasteiger partial charge in [0.15, 0.2) is 5.75 Å². The van der Waals surface area contributed by atoms with E-state index in [2.05, 4.69) is 13.8 Å². The number of carboxylic acids is 1. The molecule has 0 aromatic heterocycles. The van der Waals surface area contributed by atoms with Crippen LogP contribution in [-0.2, 0) is 22.6 Å². The molecule has 144 valence electrons. The van der Waals surface area contributed by atoms with Crippen molar-refractivity contribution in [1.82, 2.24) is 0 Å². The van der Waals surface area contributed by atoms with Crippen LogP contribution in [0.2, 0.25) is 10.0 Å². The summed E-state index contributed by atoms with van der Waals surface area (Å²) in [6.45, 7) is 4.36. The molecule has 0 heterocycles. The highest BCUT2D eigenvalue weighted by molar-refractivity contribution is 6.37. The maximum Gasteiger partial charge on any atom is 0.339 e. The minimum Gasteiger partial charge on any atom is -0.503 e. The molecule has 0 fully saturated rings. The number of ether oxygens (including phenoxy) is 2. The van der Waals surface area contributed by atoms with Crippen molar-refractivity contribution < 1.29 is 19.4 Å². The number of aliphatic carboxylic acids is 1. The molecule has 0 atom stereocenters. The molecule has 0 unspecified atom stereocenters. The second-order valence-corrected chi connectivity index (χ2v) is 7.32. The second kappa shape index (κ2) is 9.67. The summed E-state index contributed by atoms with van der Waals surface area (Å²) in [5, 5.41) is 10.3. The van der Waals surface area contributed by atoms with Gasteiger partial charge >= 0.3 is 5.97 Å². The van der Waals surface area contributed by atoms with Crippen LogP contribution in [0, 0.1) is 5.92 Å². The zero-order valence-electron chi connectivity index (χ0n) is 15.5. The number of rotatable bonds is 8. The van der Waals surface area contributed by atoms with Crippen molar-refractivity contribution in [2.24, 2.45) is 5.92 Å². The van der Waals surface area contributed by atoms with E-state index in [9.17, 15) is 9.90 Å². The molecule has 0 aliphatic rings. The van der Waals surface area contributed by atoms with Gasteiger partial charge in [0.05, 0.1) is 23.4 Å². The van der Waals surface area contributed by atoms with E-state index >= 15 is 0 Å². The van der Waals surface area contributed by atoms with Crippen LogP contribution in [0.15, 0.2) is 42.7 Å². The van der Waals surface area contributed by atoms with Crippen molar-refractivity contribution in [1.29, 1.82) is 0 Å². The second-order valence-electron chi connectivity index (χ2n) is 6.50. The summed E-state index contributed by atoms with van der Waals surface area (Å²) in [7, 11) is 1.40. The molecule has 6 heteroatoms. The highest BCUT2D eigenvalue weighted by atomic mass is 35.5. The molecule has 0 radical (unpaired) electrons. The van der Waals surface area contributed by atoms with Crippen molar-refractivity contribution in [3.63, 3.8) is 0 Å². The van der Waals surface area contributed by atoms with Gasteiger partial charge in [0, 0.05) is 0 Å². The van der Waals surface area contributed by atoms with Crippen molar-refractivity contribution in [2.45, 2.75) is 26.9 Å². The lowest BCUT2D eigenvalue weighted by atomic mass is 10.0. The van der Waals surface area contributed by atoms with Gasteiger partial charge in [0.1, 0.15) is 12.2 Å². The third-order valence-corrected chi connectivity index (χ3v) is 4.41. The van der Waals surface area contributed by atoms with Crippen molar-refractivity contribution in [3.05, 3.63) is 69.4 Å². The van der Waals surface area contributed by atoms with E-state index in [1.165, 1.54) is 13.4 Å². The lowest BCUT2D eigenvalue weighted by molar-refractivity contribution is -0.130. The van der Waals surface area contributed by atoms with Crippen LogP contribution in [0.5, 0.6) is 5.75 Å². The van der Waals surface area contributed by atoms with Crippen molar-refractivity contribution >= 4 is 34.7 Å². The Bertz CT molecular complexity index is 821. The Hall–Kier alpha value is -2.17. The van der Waals surface area contributed by atoms with Crippen LogP contribution < -0.4 is 4.74 Å². The number of halogens is 2. The first-order valence-corrected chi connectivity index (χ1v) is 9.24. The molecule has 1 N–H and O–H groups in total. The van der Waals surface area contributed by atoms with Gasteiger partial charge in [-0.3, -0.25) is 0 Å². The van der Waals surface area contributed by atoms with Crippen LogP contribution in [0.4, 0.5) is 0 Å². The lowest BCUT2D eigenvalue weighted by Gasteiger charge is -2.15. The molecule has 0 spiro atoms. The summed E-state index contributed by atoms with van der Waals surface area (Å²) < 4.78 is 10.7. The zero-order valence-corrected chi connectivity index (χ0v) is 17.0. The molecule has 2 aromatic rings. The normalized spacial score (nSPS) is 11.6. The molecule has 2 rings (SSSR count). The first-order chi connectivity index (χ1) is 12.8. The number of methoxy groups -OCH3 is 1. The van der Waals surface area contributed by atoms with E-state index in [0.717, 1.165) is 12.0 Å². The fourth-order valence-electron chi connectivity index (χ4n) is 2.75. The Morgan fingerprint density at radius 2 is 1.81 bits per heavy atom. The van der Waals surface area contributed by atoms with Crippen molar-refractivity contribution in [2.75, 3.05) is 7.11 Å². The first-order valence-electron chi connectivity index (χ1n) is 8.48. The summed E-state index contributed by atoms with van der Waals surface area (Å²) >= 11 is 12.7. The number of carboxylic acid groups (broad SMARTS) is 1. The summed E-state index contributed by atoms with van der Waals surface area (Å²) in [6.07, 6.45) is 2.06. The quantitative estimate of drug-likeness (QED) is 0.439. The molecule has 2 aromatic carbocycles. The fraction of sp³-hybridized carbons (Fsp3) is 0.286. The molecule has 0 amide bonds. The minimum absolute atomic E-state index is 0.0428. The van der Waals surface area contributed by atoms with Crippen LogP contribution in [0.1, 0.15) is 30.5 Å². The third-order valence-electron chi connectivity index (χ3n) is 3.85. The summed E-state index contributed by atoms with van der Waals surface area (Å²) in [5.41, 5.74) is 2.28. The van der Waals surface area contributed by atoms with Gasteiger partial charge in [-0.25, -0.2) is 4.79 Å². The molecule has 0 aliphatic heterocycles. The first kappa shape index (κ1) is 21.1. The summed E-state index contributed by atoms with van der Waals surface area (Å²) in [4.78, 5) is 11.5. The molecule has 27 heavy (non-hydrogen) atoms. The van der Waals surface area contributed by atoms with Crippen LogP contribution in [0.3, 0.4) is 0 Å². The number of hydrogen-bond acceptors (Lipinski definition) is 3. The minimum atomic E-state index is -1.08. The largest absolute Gasteiger partial charge is 0.503 e. The average molecular weight is 409 g/mol. The van der Waals surface area contributed by atoms with E-state index in [4.69, 9.17) is 32.7 Å². The number of benzene rings is 2. The van der Waals surface area contributed by atoms with E-state index < -0.39 is 5.97 Å². The number of hydrogen-bond donors (Lipinski definition) is 1. The van der Waals surface area contributed by atoms with Crippen LogP contribution >= 0.6 is 23.2 Å². The van der Waals surface area contributed by atoms with Gasteiger partial charge in [-0.15, -0.1) is 0 Å². The molecule has 0 saturated heterocycles. The Kier molecular flexibility index (Phi) is 7.57. The third kappa shape index (κ3) is 5.65. The Morgan fingerprint density at radius 3 is 2.37 bits per heavy atom. The molecule has 0 saturated carbocycles. The lowest BCUT2D eigenvalue weighted by Crippen LogP contribution is -2.06. The highest BCUT2D eigenvalue weighted by Crippen LogP contribution is 2.36. The molecule has 0 bridgehead atoms. The van der Waals surface area contributed by atoms with Gasteiger partial charge in [-0.05, 0) is 41.2 Å². The monoisotopic (exact) mass is 408 g/mol. The molecule has 4 nitrogen and oxygen atoms in total. The smallest absolute Gasteiger partial charge is 0.339 e. The predicted molar refractivity (Wildman–Crippen MR) is 108 cm³/mol. The van der Waals surface area contributed by atoms with Gasteiger partial charge < -0.3 is 14.6 Å². The van der Waals surface area contributed by atoms with Gasteiger partial charge in [0.25, 0.3) is 0 Å². The summed E-state index contributed by atoms with van der Waals surface area (Å²) in [6, 6.07) is 10.8. The van der Waals surface area contributed by atoms with Gasteiger partial charge in [-0.1, -0.05) is 61.3 Å². The van der Waals surface area contributed by atoms with Crippen molar-refractivity contribution in [3.8, 4) is 5.75 Å². The molecular formula is C21H22Cl2O4. The maximum absolute atomic E-state index is 11.5. The fourth-order valence-corrected chi connectivity index (χ4v) is 3.39. The Balaban J connectivity index is 2.28.